The van der Waals surface area contributed by atoms with Gasteiger partial charge in [0, 0.05) is 6.54 Å². The lowest BCUT2D eigenvalue weighted by Gasteiger charge is -2.27. The summed E-state index contributed by atoms with van der Waals surface area (Å²) in [5, 5.41) is 3.41. The third-order valence-electron chi connectivity index (χ3n) is 3.41. The Bertz CT molecular complexity index is 579. The van der Waals surface area contributed by atoms with Crippen LogP contribution in [0.2, 0.25) is 0 Å². The van der Waals surface area contributed by atoms with Crippen LogP contribution >= 0.6 is 0 Å². The molecule has 1 aromatic heterocycles. The summed E-state index contributed by atoms with van der Waals surface area (Å²) < 4.78 is 17.2. The van der Waals surface area contributed by atoms with E-state index < -0.39 is 0 Å². The summed E-state index contributed by atoms with van der Waals surface area (Å²) in [5.74, 6) is 3.50. The van der Waals surface area contributed by atoms with E-state index in [2.05, 4.69) is 12.2 Å². The van der Waals surface area contributed by atoms with Crippen LogP contribution in [0.15, 0.2) is 40.8 Å². The zero-order valence-electron chi connectivity index (χ0n) is 11.8. The van der Waals surface area contributed by atoms with Gasteiger partial charge in [-0.05, 0) is 38.1 Å². The molecule has 2 unspecified atom stereocenters. The van der Waals surface area contributed by atoms with Crippen molar-refractivity contribution in [1.29, 1.82) is 0 Å². The van der Waals surface area contributed by atoms with Crippen molar-refractivity contribution in [1.82, 2.24) is 5.32 Å². The van der Waals surface area contributed by atoms with Crippen molar-refractivity contribution in [3.05, 3.63) is 47.9 Å². The summed E-state index contributed by atoms with van der Waals surface area (Å²) in [5.41, 5.74) is 0. The van der Waals surface area contributed by atoms with Crippen molar-refractivity contribution < 1.29 is 13.9 Å². The number of hydrogen-bond acceptors (Lipinski definition) is 4. The van der Waals surface area contributed by atoms with E-state index in [1.54, 1.807) is 0 Å². The van der Waals surface area contributed by atoms with Gasteiger partial charge in [-0.2, -0.15) is 0 Å². The highest BCUT2D eigenvalue weighted by molar-refractivity contribution is 5.40. The van der Waals surface area contributed by atoms with Crippen molar-refractivity contribution in [2.24, 2.45) is 0 Å². The molecule has 0 amide bonds. The van der Waals surface area contributed by atoms with Gasteiger partial charge in [-0.15, -0.1) is 0 Å². The lowest BCUT2D eigenvalue weighted by molar-refractivity contribution is 0.0880. The molecule has 2 aromatic rings. The molecule has 106 valence electrons. The van der Waals surface area contributed by atoms with Crippen molar-refractivity contribution in [2.75, 3.05) is 13.2 Å². The Morgan fingerprint density at radius 2 is 2.00 bits per heavy atom. The second-order valence-corrected chi connectivity index (χ2v) is 5.08. The molecule has 1 N–H and O–H groups in total. The predicted molar refractivity (Wildman–Crippen MR) is 76.2 cm³/mol. The number of ether oxygens (including phenoxy) is 2. The van der Waals surface area contributed by atoms with Gasteiger partial charge in [0.05, 0.1) is 6.04 Å². The lowest BCUT2D eigenvalue weighted by atomic mass is 10.2. The summed E-state index contributed by atoms with van der Waals surface area (Å²) >= 11 is 0. The molecule has 0 bridgehead atoms. The molecule has 0 saturated carbocycles. The number of benzene rings is 1. The second kappa shape index (κ2) is 5.59. The van der Waals surface area contributed by atoms with Gasteiger partial charge in [-0.3, -0.25) is 0 Å². The van der Waals surface area contributed by atoms with Gasteiger partial charge < -0.3 is 19.2 Å². The van der Waals surface area contributed by atoms with Gasteiger partial charge in [0.1, 0.15) is 24.2 Å². The number of aryl methyl sites for hydroxylation is 1. The molecule has 4 heteroatoms. The number of hydrogen-bond donors (Lipinski definition) is 1. The molecule has 0 saturated heterocycles. The molecule has 0 radical (unpaired) electrons. The van der Waals surface area contributed by atoms with E-state index in [-0.39, 0.29) is 12.1 Å². The third kappa shape index (κ3) is 2.80. The van der Waals surface area contributed by atoms with Crippen LogP contribution in [0.5, 0.6) is 11.5 Å². The SMILES string of the molecule is Cc1ccc(C(C)NCC2COc3ccccc3O2)o1. The molecule has 0 spiro atoms. The highest BCUT2D eigenvalue weighted by Gasteiger charge is 2.21. The quantitative estimate of drug-likeness (QED) is 0.929. The summed E-state index contributed by atoms with van der Waals surface area (Å²) in [6.45, 7) is 5.31. The van der Waals surface area contributed by atoms with E-state index in [9.17, 15) is 0 Å². The Hall–Kier alpha value is -1.94. The first-order valence-electron chi connectivity index (χ1n) is 6.90. The van der Waals surface area contributed by atoms with Crippen molar-refractivity contribution in [3.63, 3.8) is 0 Å². The zero-order valence-corrected chi connectivity index (χ0v) is 11.8. The smallest absolute Gasteiger partial charge is 0.161 e. The standard InChI is InChI=1S/C16H19NO3/c1-11-7-8-14(19-11)12(2)17-9-13-10-18-15-5-3-4-6-16(15)20-13/h3-8,12-13,17H,9-10H2,1-2H3. The van der Waals surface area contributed by atoms with E-state index in [1.165, 1.54) is 0 Å². The Morgan fingerprint density at radius 3 is 2.75 bits per heavy atom. The highest BCUT2D eigenvalue weighted by atomic mass is 16.6. The molecule has 20 heavy (non-hydrogen) atoms. The first-order chi connectivity index (χ1) is 9.72. The van der Waals surface area contributed by atoms with Gasteiger partial charge in [-0.1, -0.05) is 12.1 Å². The average Bonchev–Trinajstić information content (AvgIpc) is 2.91. The van der Waals surface area contributed by atoms with Crippen LogP contribution in [-0.2, 0) is 0 Å². The van der Waals surface area contributed by atoms with Crippen LogP contribution in [0.1, 0.15) is 24.5 Å². The molecule has 1 aliphatic heterocycles. The first kappa shape index (κ1) is 13.1. The van der Waals surface area contributed by atoms with Gasteiger partial charge in [0.25, 0.3) is 0 Å². The number of nitrogens with one attached hydrogen (secondary N) is 1. The molecule has 4 nitrogen and oxygen atoms in total. The predicted octanol–water partition coefficient (Wildman–Crippen LogP) is 3.08. The maximum absolute atomic E-state index is 5.91. The normalized spacial score (nSPS) is 18.8. The Morgan fingerprint density at radius 1 is 1.20 bits per heavy atom. The van der Waals surface area contributed by atoms with Crippen LogP contribution in [0, 0.1) is 6.92 Å². The molecule has 2 atom stereocenters. The Labute approximate surface area is 118 Å². The first-order valence-corrected chi connectivity index (χ1v) is 6.90. The highest BCUT2D eigenvalue weighted by Crippen LogP contribution is 2.30. The molecule has 1 aromatic carbocycles. The molecular formula is C16H19NO3. The van der Waals surface area contributed by atoms with E-state index in [0.717, 1.165) is 29.6 Å². The average molecular weight is 273 g/mol. The largest absolute Gasteiger partial charge is 0.486 e. The maximum Gasteiger partial charge on any atom is 0.161 e. The summed E-state index contributed by atoms with van der Waals surface area (Å²) in [7, 11) is 0. The van der Waals surface area contributed by atoms with E-state index in [1.807, 2.05) is 43.3 Å². The molecular weight excluding hydrogens is 254 g/mol. The van der Waals surface area contributed by atoms with Crippen molar-refractivity contribution in [3.8, 4) is 11.5 Å². The van der Waals surface area contributed by atoms with Crippen LogP contribution in [0.4, 0.5) is 0 Å². The van der Waals surface area contributed by atoms with E-state index in [4.69, 9.17) is 13.9 Å². The number of furan rings is 1. The van der Waals surface area contributed by atoms with Gasteiger partial charge >= 0.3 is 0 Å². The lowest BCUT2D eigenvalue weighted by Crippen LogP contribution is -2.39. The number of rotatable bonds is 4. The second-order valence-electron chi connectivity index (χ2n) is 5.08. The number of para-hydroxylation sites is 2. The zero-order chi connectivity index (χ0) is 13.9. The minimum atomic E-state index is 0.0170. The Balaban J connectivity index is 1.55. The van der Waals surface area contributed by atoms with Gasteiger partial charge in [0.2, 0.25) is 0 Å². The van der Waals surface area contributed by atoms with Crippen LogP contribution in [0.25, 0.3) is 0 Å². The molecule has 3 rings (SSSR count). The maximum atomic E-state index is 5.91. The monoisotopic (exact) mass is 273 g/mol. The van der Waals surface area contributed by atoms with Crippen LogP contribution < -0.4 is 14.8 Å². The van der Waals surface area contributed by atoms with Crippen molar-refractivity contribution in [2.45, 2.75) is 26.0 Å². The summed E-state index contributed by atoms with van der Waals surface area (Å²) in [6.07, 6.45) is 0.0170. The van der Waals surface area contributed by atoms with E-state index in [0.29, 0.717) is 6.61 Å². The summed E-state index contributed by atoms with van der Waals surface area (Å²) in [6, 6.07) is 11.9. The Kier molecular flexibility index (Phi) is 3.65. The number of fused-ring (bicyclic) bond motifs is 1. The van der Waals surface area contributed by atoms with Crippen LogP contribution in [-0.4, -0.2) is 19.3 Å². The molecule has 1 aliphatic rings. The van der Waals surface area contributed by atoms with Crippen molar-refractivity contribution >= 4 is 0 Å². The summed E-state index contributed by atoms with van der Waals surface area (Å²) in [4.78, 5) is 0. The molecule has 0 fully saturated rings. The fourth-order valence-corrected chi connectivity index (χ4v) is 2.26. The van der Waals surface area contributed by atoms with E-state index >= 15 is 0 Å². The van der Waals surface area contributed by atoms with Gasteiger partial charge in [0.15, 0.2) is 11.5 Å². The molecule has 0 aliphatic carbocycles. The fourth-order valence-electron chi connectivity index (χ4n) is 2.26. The van der Waals surface area contributed by atoms with Crippen LogP contribution in [0.3, 0.4) is 0 Å². The topological polar surface area (TPSA) is 43.6 Å². The fraction of sp³-hybridized carbons (Fsp3) is 0.375. The van der Waals surface area contributed by atoms with Gasteiger partial charge in [-0.25, -0.2) is 0 Å². The minimum absolute atomic E-state index is 0.0170. The molecule has 2 heterocycles. The third-order valence-corrected chi connectivity index (χ3v) is 3.41. The minimum Gasteiger partial charge on any atom is -0.486 e.